The van der Waals surface area contributed by atoms with Gasteiger partial charge in [-0.15, -0.1) is 0 Å². The molecule has 0 bridgehead atoms. The molecule has 6 heteroatoms. The summed E-state index contributed by atoms with van der Waals surface area (Å²) >= 11 is 3.35. The van der Waals surface area contributed by atoms with Crippen LogP contribution in [0.1, 0.15) is 33.3 Å². The van der Waals surface area contributed by atoms with Crippen molar-refractivity contribution in [2.75, 3.05) is 11.9 Å². The van der Waals surface area contributed by atoms with E-state index in [9.17, 15) is 9.59 Å². The smallest absolute Gasteiger partial charge is 0.319 e. The number of hydrogen-bond acceptors (Lipinski definition) is 4. The Morgan fingerprint density at radius 3 is 2.52 bits per heavy atom. The lowest BCUT2D eigenvalue weighted by molar-refractivity contribution is -0.155. The van der Waals surface area contributed by atoms with Gasteiger partial charge in [0.05, 0.1) is 6.61 Å². The predicted octanol–water partition coefficient (Wildman–Crippen LogP) is 3.32. The second kappa shape index (κ2) is 7.02. The van der Waals surface area contributed by atoms with E-state index in [-0.39, 0.29) is 6.61 Å². The second-order valence-corrected chi connectivity index (χ2v) is 6.71. The zero-order valence-corrected chi connectivity index (χ0v) is 14.6. The molecule has 0 aromatic carbocycles. The lowest BCUT2D eigenvalue weighted by Gasteiger charge is -2.27. The Kier molecular flexibility index (Phi) is 5.89. The van der Waals surface area contributed by atoms with Gasteiger partial charge in [-0.2, -0.15) is 0 Å². The van der Waals surface area contributed by atoms with Crippen molar-refractivity contribution in [2.45, 2.75) is 34.6 Å². The quantitative estimate of drug-likeness (QED) is 0.663. The van der Waals surface area contributed by atoms with Gasteiger partial charge in [-0.25, -0.2) is 4.98 Å². The highest BCUT2D eigenvalue weighted by atomic mass is 79.9. The van der Waals surface area contributed by atoms with Gasteiger partial charge in [0.25, 0.3) is 0 Å². The Bertz CT molecular complexity index is 538. The number of aryl methyl sites for hydroxylation is 1. The van der Waals surface area contributed by atoms with Crippen LogP contribution >= 0.6 is 15.9 Å². The van der Waals surface area contributed by atoms with Crippen LogP contribution in [0.15, 0.2) is 16.7 Å². The molecule has 0 saturated carbocycles. The lowest BCUT2D eigenvalue weighted by Crippen LogP contribution is -2.40. The zero-order chi connectivity index (χ0) is 16.2. The molecule has 1 amide bonds. The van der Waals surface area contributed by atoms with Gasteiger partial charge in [-0.1, -0.05) is 20.8 Å². The van der Waals surface area contributed by atoms with Crippen LogP contribution in [0.2, 0.25) is 0 Å². The van der Waals surface area contributed by atoms with E-state index in [1.807, 2.05) is 27.7 Å². The molecule has 0 radical (unpaired) electrons. The molecule has 0 aliphatic rings. The maximum absolute atomic E-state index is 12.4. The van der Waals surface area contributed by atoms with Gasteiger partial charge in [0.15, 0.2) is 0 Å². The number of carbonyl (C=O) groups excluding carboxylic acids is 2. The number of aromatic nitrogens is 1. The van der Waals surface area contributed by atoms with Crippen LogP contribution < -0.4 is 5.32 Å². The first-order valence-corrected chi connectivity index (χ1v) is 7.55. The van der Waals surface area contributed by atoms with E-state index in [2.05, 4.69) is 26.2 Å². The summed E-state index contributed by atoms with van der Waals surface area (Å²) in [6.45, 7) is 9.34. The Morgan fingerprint density at radius 1 is 1.43 bits per heavy atom. The van der Waals surface area contributed by atoms with Crippen molar-refractivity contribution in [3.63, 3.8) is 0 Å². The summed E-state index contributed by atoms with van der Waals surface area (Å²) in [5.41, 5.74) is 0.407. The molecule has 0 fully saturated rings. The monoisotopic (exact) mass is 356 g/mol. The van der Waals surface area contributed by atoms with E-state index in [0.29, 0.717) is 5.82 Å². The van der Waals surface area contributed by atoms with Gasteiger partial charge >= 0.3 is 5.97 Å². The summed E-state index contributed by atoms with van der Waals surface area (Å²) < 4.78 is 5.86. The SMILES string of the molecule is CCOC(=O)C(C(=O)Nc1cc(C)c(Br)cn1)C(C)(C)C. The molecule has 0 spiro atoms. The van der Waals surface area contributed by atoms with Gasteiger partial charge in [0, 0.05) is 10.7 Å². The fraction of sp³-hybridized carbons (Fsp3) is 0.533. The van der Waals surface area contributed by atoms with Crippen LogP contribution in [0.4, 0.5) is 5.82 Å². The van der Waals surface area contributed by atoms with Crippen molar-refractivity contribution >= 4 is 33.6 Å². The van der Waals surface area contributed by atoms with Crippen LogP contribution in [0.25, 0.3) is 0 Å². The number of nitrogens with one attached hydrogen (secondary N) is 1. The number of halogens is 1. The van der Waals surface area contributed by atoms with Crippen LogP contribution in [-0.2, 0) is 14.3 Å². The van der Waals surface area contributed by atoms with Gasteiger partial charge in [-0.3, -0.25) is 9.59 Å². The van der Waals surface area contributed by atoms with Gasteiger partial charge in [0.1, 0.15) is 11.7 Å². The third kappa shape index (κ3) is 4.81. The number of nitrogens with zero attached hydrogens (tertiary/aromatic N) is 1. The highest BCUT2D eigenvalue weighted by Gasteiger charge is 2.39. The Hall–Kier alpha value is -1.43. The minimum atomic E-state index is -0.886. The standard InChI is InChI=1S/C15H21BrN2O3/c1-6-21-14(20)12(15(3,4)5)13(19)18-11-7-9(2)10(16)8-17-11/h7-8,12H,6H2,1-5H3,(H,17,18,19). The third-order valence-electron chi connectivity index (χ3n) is 2.95. The summed E-state index contributed by atoms with van der Waals surface area (Å²) in [5.74, 6) is -1.39. The lowest BCUT2D eigenvalue weighted by atomic mass is 9.80. The molecule has 1 unspecified atom stereocenters. The van der Waals surface area contributed by atoms with Crippen LogP contribution in [-0.4, -0.2) is 23.5 Å². The molecule has 1 N–H and O–H groups in total. The summed E-state index contributed by atoms with van der Waals surface area (Å²) in [5, 5.41) is 2.68. The molecule has 1 rings (SSSR count). The molecule has 1 aromatic heterocycles. The molecule has 0 saturated heterocycles. The number of ether oxygens (including phenoxy) is 1. The number of rotatable bonds is 4. The van der Waals surface area contributed by atoms with Crippen molar-refractivity contribution in [3.05, 3.63) is 22.3 Å². The Balaban J connectivity index is 2.96. The Labute approximate surface area is 133 Å². The van der Waals surface area contributed by atoms with Gasteiger partial charge in [-0.05, 0) is 46.8 Å². The zero-order valence-electron chi connectivity index (χ0n) is 13.0. The Morgan fingerprint density at radius 2 is 2.05 bits per heavy atom. The van der Waals surface area contributed by atoms with E-state index < -0.39 is 23.2 Å². The molecule has 1 heterocycles. The second-order valence-electron chi connectivity index (χ2n) is 5.86. The van der Waals surface area contributed by atoms with Crippen molar-refractivity contribution < 1.29 is 14.3 Å². The first-order valence-electron chi connectivity index (χ1n) is 6.76. The highest BCUT2D eigenvalue weighted by Crippen LogP contribution is 2.28. The van der Waals surface area contributed by atoms with Crippen LogP contribution in [0.5, 0.6) is 0 Å². The number of anilines is 1. The number of hydrogen-bond donors (Lipinski definition) is 1. The third-order valence-corrected chi connectivity index (χ3v) is 3.78. The van der Waals surface area contributed by atoms with Gasteiger partial charge < -0.3 is 10.1 Å². The molecule has 5 nitrogen and oxygen atoms in total. The molecule has 21 heavy (non-hydrogen) atoms. The van der Waals surface area contributed by atoms with Crippen molar-refractivity contribution in [1.29, 1.82) is 0 Å². The molecule has 1 atom stereocenters. The van der Waals surface area contributed by atoms with E-state index in [4.69, 9.17) is 4.74 Å². The molecule has 1 aromatic rings. The largest absolute Gasteiger partial charge is 0.465 e. The predicted molar refractivity (Wildman–Crippen MR) is 84.9 cm³/mol. The van der Waals surface area contributed by atoms with Crippen molar-refractivity contribution in [2.24, 2.45) is 11.3 Å². The van der Waals surface area contributed by atoms with Crippen molar-refractivity contribution in [1.82, 2.24) is 4.98 Å². The minimum Gasteiger partial charge on any atom is -0.465 e. The van der Waals surface area contributed by atoms with E-state index in [1.54, 1.807) is 19.2 Å². The summed E-state index contributed by atoms with van der Waals surface area (Å²) in [6.07, 6.45) is 1.61. The molecule has 0 aliphatic heterocycles. The fourth-order valence-corrected chi connectivity index (χ4v) is 2.10. The van der Waals surface area contributed by atoms with Crippen LogP contribution in [0.3, 0.4) is 0 Å². The molecule has 0 aliphatic carbocycles. The average Bonchev–Trinajstić information content (AvgIpc) is 2.32. The van der Waals surface area contributed by atoms with Crippen LogP contribution in [0, 0.1) is 18.3 Å². The highest BCUT2D eigenvalue weighted by molar-refractivity contribution is 9.10. The fourth-order valence-electron chi connectivity index (χ4n) is 1.89. The van der Waals surface area contributed by atoms with E-state index >= 15 is 0 Å². The molecular formula is C15H21BrN2O3. The maximum atomic E-state index is 12.4. The topological polar surface area (TPSA) is 68.3 Å². The maximum Gasteiger partial charge on any atom is 0.319 e. The number of esters is 1. The van der Waals surface area contributed by atoms with E-state index in [1.165, 1.54) is 0 Å². The molecule has 116 valence electrons. The van der Waals surface area contributed by atoms with Crippen molar-refractivity contribution in [3.8, 4) is 0 Å². The van der Waals surface area contributed by atoms with E-state index in [0.717, 1.165) is 10.0 Å². The number of pyridine rings is 1. The summed E-state index contributed by atoms with van der Waals surface area (Å²) in [6, 6.07) is 1.74. The summed E-state index contributed by atoms with van der Waals surface area (Å²) in [4.78, 5) is 28.6. The molecular weight excluding hydrogens is 336 g/mol. The average molecular weight is 357 g/mol. The number of carbonyl (C=O) groups is 2. The van der Waals surface area contributed by atoms with Gasteiger partial charge in [0.2, 0.25) is 5.91 Å². The number of amides is 1. The minimum absolute atomic E-state index is 0.244. The summed E-state index contributed by atoms with van der Waals surface area (Å²) in [7, 11) is 0. The first kappa shape index (κ1) is 17.6. The normalized spacial score (nSPS) is 12.7. The first-order chi connectivity index (χ1) is 9.66.